The molecule has 2 amide bonds. The summed E-state index contributed by atoms with van der Waals surface area (Å²) in [6.07, 6.45) is 2.25. The molecule has 6 nitrogen and oxygen atoms in total. The highest BCUT2D eigenvalue weighted by atomic mass is 32.2. The highest BCUT2D eigenvalue weighted by Crippen LogP contribution is 2.03. The zero-order valence-corrected chi connectivity index (χ0v) is 12.4. The molecule has 0 saturated heterocycles. The molecular weight excluding hydrogens is 290 g/mol. The maximum absolute atomic E-state index is 11.7. The average Bonchev–Trinajstić information content (AvgIpc) is 2.49. The Balaban J connectivity index is 2.44. The van der Waals surface area contributed by atoms with Crippen molar-refractivity contribution in [2.45, 2.75) is 19.0 Å². The molecule has 0 aromatic heterocycles. The number of hydrogen-bond donors (Lipinski definition) is 3. The van der Waals surface area contributed by atoms with E-state index in [-0.39, 0.29) is 6.54 Å². The number of nitrogens with zero attached hydrogens (tertiary/aromatic N) is 1. The quantitative estimate of drug-likeness (QED) is 0.709. The first-order chi connectivity index (χ1) is 10.1. The lowest BCUT2D eigenvalue weighted by Crippen LogP contribution is -2.46. The second kappa shape index (κ2) is 8.87. The van der Waals surface area contributed by atoms with Gasteiger partial charge in [-0.3, -0.25) is 0 Å². The van der Waals surface area contributed by atoms with Gasteiger partial charge in [0.1, 0.15) is 6.04 Å². The van der Waals surface area contributed by atoms with Gasteiger partial charge in [-0.2, -0.15) is 17.0 Å². The van der Waals surface area contributed by atoms with E-state index in [9.17, 15) is 9.59 Å². The van der Waals surface area contributed by atoms with E-state index in [1.54, 1.807) is 24.3 Å². The second-order valence-electron chi connectivity index (χ2n) is 4.31. The lowest BCUT2D eigenvalue weighted by molar-refractivity contribution is -0.139. The summed E-state index contributed by atoms with van der Waals surface area (Å²) < 4.78 is 0. The van der Waals surface area contributed by atoms with Gasteiger partial charge >= 0.3 is 12.0 Å². The molecule has 1 aromatic rings. The third-order valence-corrected chi connectivity index (χ3v) is 3.39. The molecule has 0 radical (unpaired) electrons. The number of rotatable bonds is 7. The molecule has 21 heavy (non-hydrogen) atoms. The molecule has 0 unspecified atom stereocenters. The fraction of sp³-hybridized carbons (Fsp3) is 0.357. The van der Waals surface area contributed by atoms with Crippen molar-refractivity contribution >= 4 is 23.8 Å². The molecule has 0 saturated carbocycles. The number of hydrogen-bond acceptors (Lipinski definition) is 4. The number of carboxylic acids is 1. The number of urea groups is 1. The van der Waals surface area contributed by atoms with E-state index >= 15 is 0 Å². The van der Waals surface area contributed by atoms with Crippen LogP contribution in [0.25, 0.3) is 0 Å². The van der Waals surface area contributed by atoms with Crippen molar-refractivity contribution in [3.05, 3.63) is 35.4 Å². The van der Waals surface area contributed by atoms with Gasteiger partial charge in [0.05, 0.1) is 11.6 Å². The number of thioether (sulfide) groups is 1. The molecule has 0 fully saturated rings. The molecule has 7 heteroatoms. The molecule has 0 aliphatic rings. The van der Waals surface area contributed by atoms with Gasteiger partial charge in [-0.15, -0.1) is 0 Å². The van der Waals surface area contributed by atoms with E-state index in [0.29, 0.717) is 17.7 Å². The number of carbonyl (C=O) groups is 2. The minimum atomic E-state index is -1.04. The van der Waals surface area contributed by atoms with Crippen LogP contribution >= 0.6 is 11.8 Å². The molecule has 0 aliphatic heterocycles. The summed E-state index contributed by atoms with van der Waals surface area (Å²) in [6.45, 7) is 0.270. The predicted octanol–water partition coefficient (Wildman–Crippen LogP) is 1.56. The van der Waals surface area contributed by atoms with Crippen LogP contribution in [0.4, 0.5) is 4.79 Å². The maximum atomic E-state index is 11.7. The molecular formula is C14H17N3O3S. The van der Waals surface area contributed by atoms with Gasteiger partial charge in [0, 0.05) is 6.54 Å². The van der Waals surface area contributed by atoms with Crippen molar-refractivity contribution in [2.24, 2.45) is 0 Å². The summed E-state index contributed by atoms with van der Waals surface area (Å²) in [5, 5.41) is 22.7. The number of aliphatic carboxylic acids is 1. The largest absolute Gasteiger partial charge is 0.480 e. The van der Waals surface area contributed by atoms with Crippen LogP contribution < -0.4 is 10.6 Å². The third-order valence-electron chi connectivity index (χ3n) is 2.75. The van der Waals surface area contributed by atoms with Crippen LogP contribution in [-0.4, -0.2) is 35.2 Å². The average molecular weight is 307 g/mol. The van der Waals surface area contributed by atoms with E-state index in [2.05, 4.69) is 10.6 Å². The Bertz CT molecular complexity index is 525. The Morgan fingerprint density at radius 3 is 2.57 bits per heavy atom. The Kier molecular flexibility index (Phi) is 7.12. The number of nitriles is 1. The molecule has 0 bridgehead atoms. The monoisotopic (exact) mass is 307 g/mol. The molecule has 0 heterocycles. The van der Waals surface area contributed by atoms with E-state index < -0.39 is 18.0 Å². The molecule has 0 aliphatic carbocycles. The van der Waals surface area contributed by atoms with Gasteiger partial charge in [-0.05, 0) is 36.1 Å². The fourth-order valence-corrected chi connectivity index (χ4v) is 2.05. The smallest absolute Gasteiger partial charge is 0.326 e. The third kappa shape index (κ3) is 6.19. The first-order valence-electron chi connectivity index (χ1n) is 6.32. The van der Waals surface area contributed by atoms with Crippen LogP contribution in [0.3, 0.4) is 0 Å². The molecule has 1 atom stereocenters. The first kappa shape index (κ1) is 16.9. The zero-order chi connectivity index (χ0) is 15.7. The van der Waals surface area contributed by atoms with Crippen molar-refractivity contribution in [1.82, 2.24) is 10.6 Å². The van der Waals surface area contributed by atoms with E-state index in [1.807, 2.05) is 12.3 Å². The standard InChI is InChI=1S/C14H17N3O3S/c1-21-7-6-12(13(18)19)17-14(20)16-9-11-4-2-10(8-15)3-5-11/h2-5,12H,6-7,9H2,1H3,(H,18,19)(H2,16,17,20)/t12-/m1/s1. The van der Waals surface area contributed by atoms with E-state index in [4.69, 9.17) is 10.4 Å². The summed E-state index contributed by atoms with van der Waals surface area (Å²) in [7, 11) is 0. The molecule has 112 valence electrons. The van der Waals surface area contributed by atoms with Crippen molar-refractivity contribution < 1.29 is 14.7 Å². The summed E-state index contributed by atoms with van der Waals surface area (Å²) in [4.78, 5) is 22.7. The van der Waals surface area contributed by atoms with Crippen LogP contribution in [0.1, 0.15) is 17.5 Å². The molecule has 1 rings (SSSR count). The number of carboxylic acid groups (broad SMARTS) is 1. The topological polar surface area (TPSA) is 102 Å². The highest BCUT2D eigenvalue weighted by molar-refractivity contribution is 7.98. The van der Waals surface area contributed by atoms with E-state index in [1.165, 1.54) is 11.8 Å². The Labute approximate surface area is 127 Å². The van der Waals surface area contributed by atoms with Gasteiger partial charge in [-0.25, -0.2) is 9.59 Å². The first-order valence-corrected chi connectivity index (χ1v) is 7.71. The predicted molar refractivity (Wildman–Crippen MR) is 81.0 cm³/mol. The second-order valence-corrected chi connectivity index (χ2v) is 5.29. The number of carbonyl (C=O) groups excluding carboxylic acids is 1. The van der Waals surface area contributed by atoms with Crippen molar-refractivity contribution in [3.8, 4) is 6.07 Å². The van der Waals surface area contributed by atoms with Crippen molar-refractivity contribution in [1.29, 1.82) is 5.26 Å². The van der Waals surface area contributed by atoms with Gasteiger partial charge in [-0.1, -0.05) is 12.1 Å². The summed E-state index contributed by atoms with van der Waals surface area (Å²) in [5.41, 5.74) is 1.38. The Hall–Kier alpha value is -2.20. The highest BCUT2D eigenvalue weighted by Gasteiger charge is 2.18. The number of amides is 2. The van der Waals surface area contributed by atoms with Crippen LogP contribution in [0.5, 0.6) is 0 Å². The summed E-state index contributed by atoms with van der Waals surface area (Å²) in [6, 6.07) is 7.39. The maximum Gasteiger partial charge on any atom is 0.326 e. The van der Waals surface area contributed by atoms with Crippen LogP contribution in [0.2, 0.25) is 0 Å². The number of benzene rings is 1. The molecule has 3 N–H and O–H groups in total. The van der Waals surface area contributed by atoms with Crippen LogP contribution in [0.15, 0.2) is 24.3 Å². The Morgan fingerprint density at radius 2 is 2.05 bits per heavy atom. The van der Waals surface area contributed by atoms with Crippen molar-refractivity contribution in [3.63, 3.8) is 0 Å². The summed E-state index contributed by atoms with van der Waals surface area (Å²) in [5.74, 6) is -0.384. The van der Waals surface area contributed by atoms with Crippen LogP contribution in [-0.2, 0) is 11.3 Å². The minimum absolute atomic E-state index is 0.270. The lowest BCUT2D eigenvalue weighted by Gasteiger charge is -2.14. The van der Waals surface area contributed by atoms with Gasteiger partial charge in [0.2, 0.25) is 0 Å². The van der Waals surface area contributed by atoms with Gasteiger partial charge in [0.15, 0.2) is 0 Å². The van der Waals surface area contributed by atoms with E-state index in [0.717, 1.165) is 5.56 Å². The lowest BCUT2D eigenvalue weighted by atomic mass is 10.1. The zero-order valence-electron chi connectivity index (χ0n) is 11.6. The number of nitrogens with one attached hydrogen (secondary N) is 2. The summed E-state index contributed by atoms with van der Waals surface area (Å²) >= 11 is 1.53. The Morgan fingerprint density at radius 1 is 1.38 bits per heavy atom. The normalized spacial score (nSPS) is 11.2. The van der Waals surface area contributed by atoms with Crippen molar-refractivity contribution in [2.75, 3.05) is 12.0 Å². The molecule has 0 spiro atoms. The fourth-order valence-electron chi connectivity index (χ4n) is 1.58. The minimum Gasteiger partial charge on any atom is -0.480 e. The SMILES string of the molecule is CSCC[C@@H](NC(=O)NCc1ccc(C#N)cc1)C(=O)O. The van der Waals surface area contributed by atoms with Gasteiger partial charge in [0.25, 0.3) is 0 Å². The van der Waals surface area contributed by atoms with Crippen LogP contribution in [0, 0.1) is 11.3 Å². The van der Waals surface area contributed by atoms with Gasteiger partial charge < -0.3 is 15.7 Å². The molecule has 1 aromatic carbocycles.